The molecule has 0 unspecified atom stereocenters. The van der Waals surface area contributed by atoms with E-state index in [4.69, 9.17) is 4.74 Å². The largest absolute Gasteiger partial charge is 0.497 e. The third kappa shape index (κ3) is 2.47. The van der Waals surface area contributed by atoms with Crippen molar-refractivity contribution in [3.63, 3.8) is 0 Å². The van der Waals surface area contributed by atoms with Crippen LogP contribution in [0.2, 0.25) is 0 Å². The SMILES string of the molecule is COc1ccc(-c2cc(=O)n3c(-c4ccccc4)nnc3s2)cc1. The Kier molecular flexibility index (Phi) is 3.59. The molecule has 0 saturated heterocycles. The quantitative estimate of drug-likeness (QED) is 0.575. The first-order chi connectivity index (χ1) is 11.8. The average molecular weight is 335 g/mol. The van der Waals surface area contributed by atoms with Crippen molar-refractivity contribution < 1.29 is 4.74 Å². The smallest absolute Gasteiger partial charge is 0.260 e. The molecule has 0 saturated carbocycles. The van der Waals surface area contributed by atoms with Crippen LogP contribution in [-0.2, 0) is 0 Å². The van der Waals surface area contributed by atoms with Crippen molar-refractivity contribution >= 4 is 16.3 Å². The Hall–Kier alpha value is -2.99. The molecule has 2 heterocycles. The van der Waals surface area contributed by atoms with Crippen LogP contribution in [0.1, 0.15) is 0 Å². The van der Waals surface area contributed by atoms with Crippen molar-refractivity contribution in [3.05, 3.63) is 71.0 Å². The lowest BCUT2D eigenvalue weighted by atomic mass is 10.2. The number of rotatable bonds is 3. The Morgan fingerprint density at radius 2 is 1.71 bits per heavy atom. The van der Waals surface area contributed by atoms with Crippen LogP contribution in [0.5, 0.6) is 5.75 Å². The van der Waals surface area contributed by atoms with Crippen molar-refractivity contribution in [2.45, 2.75) is 0 Å². The molecular weight excluding hydrogens is 322 g/mol. The van der Waals surface area contributed by atoms with Gasteiger partial charge in [0.1, 0.15) is 5.75 Å². The molecule has 4 aromatic rings. The first-order valence-electron chi connectivity index (χ1n) is 7.35. The highest BCUT2D eigenvalue weighted by atomic mass is 32.1. The molecule has 2 aromatic carbocycles. The van der Waals surface area contributed by atoms with Gasteiger partial charge in [-0.1, -0.05) is 41.7 Å². The summed E-state index contributed by atoms with van der Waals surface area (Å²) >= 11 is 1.43. The van der Waals surface area contributed by atoms with E-state index in [1.54, 1.807) is 17.6 Å². The Morgan fingerprint density at radius 3 is 2.42 bits per heavy atom. The maximum Gasteiger partial charge on any atom is 0.260 e. The van der Waals surface area contributed by atoms with Crippen LogP contribution in [0.3, 0.4) is 0 Å². The van der Waals surface area contributed by atoms with Crippen LogP contribution in [-0.4, -0.2) is 21.7 Å². The monoisotopic (exact) mass is 335 g/mol. The van der Waals surface area contributed by atoms with Crippen LogP contribution in [0.25, 0.3) is 26.8 Å². The van der Waals surface area contributed by atoms with E-state index in [1.165, 1.54) is 11.3 Å². The topological polar surface area (TPSA) is 56.5 Å². The fourth-order valence-corrected chi connectivity index (χ4v) is 3.47. The molecular formula is C18H13N3O2S. The third-order valence-corrected chi connectivity index (χ3v) is 4.74. The number of ether oxygens (including phenoxy) is 1. The number of benzene rings is 2. The summed E-state index contributed by atoms with van der Waals surface area (Å²) in [5.41, 5.74) is 1.68. The van der Waals surface area contributed by atoms with Crippen LogP contribution >= 0.6 is 11.3 Å². The first kappa shape index (κ1) is 14.6. The van der Waals surface area contributed by atoms with E-state index in [-0.39, 0.29) is 5.56 Å². The van der Waals surface area contributed by atoms with Gasteiger partial charge in [-0.3, -0.25) is 4.79 Å². The maximum absolute atomic E-state index is 12.6. The van der Waals surface area contributed by atoms with E-state index in [1.807, 2.05) is 54.6 Å². The van der Waals surface area contributed by atoms with E-state index in [9.17, 15) is 4.79 Å². The number of hydrogen-bond donors (Lipinski definition) is 0. The van der Waals surface area contributed by atoms with Gasteiger partial charge in [0.05, 0.1) is 7.11 Å². The second kappa shape index (κ2) is 5.90. The average Bonchev–Trinajstić information content (AvgIpc) is 3.07. The van der Waals surface area contributed by atoms with Gasteiger partial charge in [-0.05, 0) is 29.8 Å². The Balaban J connectivity index is 1.86. The highest BCUT2D eigenvalue weighted by Gasteiger charge is 2.13. The minimum absolute atomic E-state index is 0.140. The minimum Gasteiger partial charge on any atom is -0.497 e. The van der Waals surface area contributed by atoms with Crippen molar-refractivity contribution in [1.82, 2.24) is 14.6 Å². The van der Waals surface area contributed by atoms with Crippen LogP contribution in [0.15, 0.2) is 65.5 Å². The lowest BCUT2D eigenvalue weighted by Crippen LogP contribution is -2.11. The van der Waals surface area contributed by atoms with Crippen LogP contribution in [0, 0.1) is 0 Å². The summed E-state index contributed by atoms with van der Waals surface area (Å²) in [6, 6.07) is 18.8. The molecule has 0 aliphatic heterocycles. The number of hydrogen-bond acceptors (Lipinski definition) is 5. The van der Waals surface area contributed by atoms with Gasteiger partial charge in [0, 0.05) is 16.5 Å². The zero-order valence-corrected chi connectivity index (χ0v) is 13.7. The lowest BCUT2D eigenvalue weighted by Gasteiger charge is -2.04. The highest BCUT2D eigenvalue weighted by molar-refractivity contribution is 7.19. The van der Waals surface area contributed by atoms with Gasteiger partial charge in [-0.15, -0.1) is 10.2 Å². The summed E-state index contributed by atoms with van der Waals surface area (Å²) in [7, 11) is 1.63. The van der Waals surface area contributed by atoms with E-state index < -0.39 is 0 Å². The molecule has 0 spiro atoms. The van der Waals surface area contributed by atoms with Gasteiger partial charge >= 0.3 is 0 Å². The standard InChI is InChI=1S/C18H13N3O2S/c1-23-14-9-7-12(8-10-14)15-11-16(22)21-17(19-20-18(21)24-15)13-5-3-2-4-6-13/h2-11H,1H3. The third-order valence-electron chi connectivity index (χ3n) is 3.72. The van der Waals surface area contributed by atoms with Crippen LogP contribution < -0.4 is 10.3 Å². The normalized spacial score (nSPS) is 10.9. The zero-order chi connectivity index (χ0) is 16.5. The Morgan fingerprint density at radius 1 is 0.958 bits per heavy atom. The molecule has 4 rings (SSSR count). The first-order valence-corrected chi connectivity index (χ1v) is 8.17. The number of aromatic nitrogens is 3. The molecule has 0 aliphatic rings. The van der Waals surface area contributed by atoms with Gasteiger partial charge in [0.15, 0.2) is 5.82 Å². The molecule has 5 nitrogen and oxygen atoms in total. The fourth-order valence-electron chi connectivity index (χ4n) is 2.51. The fraction of sp³-hybridized carbons (Fsp3) is 0.0556. The molecule has 6 heteroatoms. The summed E-state index contributed by atoms with van der Waals surface area (Å²) < 4.78 is 6.72. The molecule has 118 valence electrons. The van der Waals surface area contributed by atoms with Crippen molar-refractivity contribution in [3.8, 4) is 27.6 Å². The van der Waals surface area contributed by atoms with Gasteiger partial charge in [-0.25, -0.2) is 4.40 Å². The van der Waals surface area contributed by atoms with Crippen molar-refractivity contribution in [2.24, 2.45) is 0 Å². The molecule has 0 N–H and O–H groups in total. The van der Waals surface area contributed by atoms with Gasteiger partial charge < -0.3 is 4.74 Å². The zero-order valence-electron chi connectivity index (χ0n) is 12.8. The second-order valence-electron chi connectivity index (χ2n) is 5.19. The highest BCUT2D eigenvalue weighted by Crippen LogP contribution is 2.27. The Labute approximate surface area is 141 Å². The summed E-state index contributed by atoms with van der Waals surface area (Å²) in [6.45, 7) is 0. The molecule has 0 fully saturated rings. The van der Waals surface area contributed by atoms with E-state index in [0.29, 0.717) is 10.8 Å². The molecule has 0 amide bonds. The molecule has 2 aromatic heterocycles. The van der Waals surface area contributed by atoms with Crippen molar-refractivity contribution in [2.75, 3.05) is 7.11 Å². The molecule has 0 atom stereocenters. The molecule has 0 radical (unpaired) electrons. The van der Waals surface area contributed by atoms with Gasteiger partial charge in [-0.2, -0.15) is 0 Å². The number of fused-ring (bicyclic) bond motifs is 1. The predicted octanol–water partition coefficient (Wildman–Crippen LogP) is 3.49. The summed E-state index contributed by atoms with van der Waals surface area (Å²) in [5.74, 6) is 1.34. The van der Waals surface area contributed by atoms with E-state index >= 15 is 0 Å². The second-order valence-corrected chi connectivity index (χ2v) is 6.19. The summed E-state index contributed by atoms with van der Waals surface area (Å²) in [6.07, 6.45) is 0. The van der Waals surface area contributed by atoms with Crippen molar-refractivity contribution in [1.29, 1.82) is 0 Å². The molecule has 0 aliphatic carbocycles. The summed E-state index contributed by atoms with van der Waals surface area (Å²) in [4.78, 5) is 14.0. The molecule has 0 bridgehead atoms. The van der Waals surface area contributed by atoms with Crippen LogP contribution in [0.4, 0.5) is 0 Å². The van der Waals surface area contributed by atoms with E-state index in [0.717, 1.165) is 21.8 Å². The predicted molar refractivity (Wildman–Crippen MR) is 94.6 cm³/mol. The van der Waals surface area contributed by atoms with Gasteiger partial charge in [0.2, 0.25) is 4.96 Å². The number of methoxy groups -OCH3 is 1. The maximum atomic E-state index is 12.6. The Bertz CT molecular complexity index is 1050. The minimum atomic E-state index is -0.140. The lowest BCUT2D eigenvalue weighted by molar-refractivity contribution is 0.415. The van der Waals surface area contributed by atoms with Gasteiger partial charge in [0.25, 0.3) is 5.56 Å². The number of nitrogens with zero attached hydrogens (tertiary/aromatic N) is 3. The summed E-state index contributed by atoms with van der Waals surface area (Å²) in [5, 5.41) is 8.37. The molecule has 24 heavy (non-hydrogen) atoms. The van der Waals surface area contributed by atoms with E-state index in [2.05, 4.69) is 10.2 Å².